The van der Waals surface area contributed by atoms with E-state index in [0.717, 1.165) is 0 Å². The van der Waals surface area contributed by atoms with Crippen LogP contribution in [0.15, 0.2) is 29.9 Å². The molecule has 1 aliphatic carbocycles. The van der Waals surface area contributed by atoms with Gasteiger partial charge in [-0.1, -0.05) is 25.2 Å². The summed E-state index contributed by atoms with van der Waals surface area (Å²) < 4.78 is 34.8. The number of carbonyl (C=O) groups excluding carboxylic acids is 1. The van der Waals surface area contributed by atoms with Crippen LogP contribution in [0.2, 0.25) is 0 Å². The van der Waals surface area contributed by atoms with Gasteiger partial charge in [0.2, 0.25) is 10.4 Å². The van der Waals surface area contributed by atoms with Crippen molar-refractivity contribution < 1.29 is 51.0 Å². The van der Waals surface area contributed by atoms with Crippen molar-refractivity contribution >= 4 is 28.4 Å². The Morgan fingerprint density at radius 1 is 1.53 bits per heavy atom. The van der Waals surface area contributed by atoms with Crippen molar-refractivity contribution in [3.8, 4) is 0 Å². The fraction of sp³-hybridized carbons (Fsp3) is 0.333. The molecule has 0 saturated heterocycles. The molecule has 0 N–H and O–H groups in total. The third kappa shape index (κ3) is 6.03. The van der Waals surface area contributed by atoms with Crippen LogP contribution >= 0.6 is 12.0 Å². The molecule has 0 saturated carbocycles. The Kier molecular flexibility index (Phi) is 7.62. The zero-order valence-corrected chi connectivity index (χ0v) is 13.0. The minimum absolute atomic E-state index is 0. The first-order chi connectivity index (χ1) is 7.44. The molecule has 2 unspecified atom stereocenters. The average Bonchev–Trinajstić information content (AvgIpc) is 2.25. The molecule has 17 heavy (non-hydrogen) atoms. The minimum atomic E-state index is -4.72. The maximum atomic E-state index is 10.6. The van der Waals surface area contributed by atoms with Crippen molar-refractivity contribution in [1.29, 1.82) is 0 Å². The van der Waals surface area contributed by atoms with Gasteiger partial charge in [0.05, 0.1) is 0 Å². The molecular formula is C9H9NaO5S2. The fourth-order valence-electron chi connectivity index (χ4n) is 1.24. The van der Waals surface area contributed by atoms with Gasteiger partial charge < -0.3 is 4.55 Å². The number of hydrogen-bond donors (Lipinski definition) is 0. The summed E-state index contributed by atoms with van der Waals surface area (Å²) in [5, 5.41) is -0.374. The van der Waals surface area contributed by atoms with Crippen LogP contribution in [0.1, 0.15) is 6.92 Å². The smallest absolute Gasteiger partial charge is 0.725 e. The van der Waals surface area contributed by atoms with E-state index in [-0.39, 0.29) is 40.7 Å². The van der Waals surface area contributed by atoms with Crippen molar-refractivity contribution in [2.45, 2.75) is 12.2 Å². The standard InChI is InChI=1S/C9H10O5S2.Na/c1-7(15-14-16(11,12)13)9-5-3-2-4-8(9)6-10;/h2-5,7,9H,1H3,(H,11,12,13);/q;+1/p-1. The third-order valence-electron chi connectivity index (χ3n) is 1.96. The average molecular weight is 284 g/mol. The summed E-state index contributed by atoms with van der Waals surface area (Å²) in [7, 11) is -4.72. The summed E-state index contributed by atoms with van der Waals surface area (Å²) in [5.74, 6) is 1.45. The summed E-state index contributed by atoms with van der Waals surface area (Å²) >= 11 is 0.524. The van der Waals surface area contributed by atoms with E-state index in [1.54, 1.807) is 37.2 Å². The van der Waals surface area contributed by atoms with Gasteiger partial charge in [-0.05, 0) is 6.08 Å². The predicted octanol–water partition coefficient (Wildman–Crippen LogP) is -2.00. The maximum absolute atomic E-state index is 10.6. The van der Waals surface area contributed by atoms with Gasteiger partial charge in [-0.15, -0.1) is 0 Å². The van der Waals surface area contributed by atoms with Crippen LogP contribution in [0.5, 0.6) is 0 Å². The number of rotatable bonds is 4. The van der Waals surface area contributed by atoms with Crippen LogP contribution in [0.3, 0.4) is 0 Å². The molecule has 0 heterocycles. The van der Waals surface area contributed by atoms with Crippen LogP contribution in [-0.4, -0.2) is 24.2 Å². The zero-order chi connectivity index (χ0) is 12.2. The molecular weight excluding hydrogens is 275 g/mol. The van der Waals surface area contributed by atoms with Crippen LogP contribution in [0.4, 0.5) is 0 Å². The number of hydrogen-bond acceptors (Lipinski definition) is 6. The SMILES string of the molecule is CC(SOS(=O)(=O)[O-])C1C=CC=CC1=C=O.[Na+]. The van der Waals surface area contributed by atoms with E-state index >= 15 is 0 Å². The van der Waals surface area contributed by atoms with E-state index < -0.39 is 10.4 Å². The summed E-state index contributed by atoms with van der Waals surface area (Å²) in [6, 6.07) is 0. The van der Waals surface area contributed by atoms with Gasteiger partial charge in [0, 0.05) is 28.8 Å². The predicted molar refractivity (Wildman–Crippen MR) is 58.8 cm³/mol. The Bertz CT molecular complexity index is 462. The third-order valence-corrected chi connectivity index (χ3v) is 3.54. The summed E-state index contributed by atoms with van der Waals surface area (Å²) in [6.45, 7) is 1.65. The summed E-state index contributed by atoms with van der Waals surface area (Å²) in [4.78, 5) is 10.6. The second kappa shape index (κ2) is 7.56. The summed E-state index contributed by atoms with van der Waals surface area (Å²) in [5.41, 5.74) is 0.398. The van der Waals surface area contributed by atoms with Crippen LogP contribution in [0.25, 0.3) is 0 Å². The molecule has 0 fully saturated rings. The molecule has 0 bridgehead atoms. The van der Waals surface area contributed by atoms with Gasteiger partial charge in [-0.25, -0.2) is 16.8 Å². The molecule has 0 aromatic carbocycles. The van der Waals surface area contributed by atoms with E-state index in [1.165, 1.54) is 0 Å². The van der Waals surface area contributed by atoms with Gasteiger partial charge in [0.15, 0.2) is 0 Å². The largest absolute Gasteiger partial charge is 1.00 e. The molecule has 0 aromatic rings. The van der Waals surface area contributed by atoms with Gasteiger partial charge in [-0.3, -0.25) is 0 Å². The monoisotopic (exact) mass is 284 g/mol. The molecule has 0 aliphatic heterocycles. The van der Waals surface area contributed by atoms with E-state index in [0.29, 0.717) is 17.6 Å². The first-order valence-electron chi connectivity index (χ1n) is 4.34. The molecule has 0 spiro atoms. The minimum Gasteiger partial charge on any atom is -0.725 e. The van der Waals surface area contributed by atoms with Crippen molar-refractivity contribution in [3.63, 3.8) is 0 Å². The number of allylic oxidation sites excluding steroid dienone is 5. The second-order valence-corrected chi connectivity index (χ2v) is 5.40. The Labute approximate surface area is 126 Å². The fourth-order valence-corrected chi connectivity index (χ4v) is 2.48. The summed E-state index contributed by atoms with van der Waals surface area (Å²) in [6.07, 6.45) is 6.71. The van der Waals surface area contributed by atoms with Crippen LogP contribution in [-0.2, 0) is 18.8 Å². The molecule has 2 atom stereocenters. The Morgan fingerprint density at radius 3 is 2.71 bits per heavy atom. The molecule has 88 valence electrons. The van der Waals surface area contributed by atoms with Crippen molar-refractivity contribution in [2.75, 3.05) is 0 Å². The first-order valence-corrected chi connectivity index (χ1v) is 6.48. The van der Waals surface area contributed by atoms with E-state index in [2.05, 4.69) is 3.63 Å². The van der Waals surface area contributed by atoms with Gasteiger partial charge in [-0.2, -0.15) is 0 Å². The van der Waals surface area contributed by atoms with Crippen LogP contribution < -0.4 is 29.6 Å². The molecule has 0 aromatic heterocycles. The molecule has 1 aliphatic rings. The van der Waals surface area contributed by atoms with Crippen molar-refractivity contribution in [3.05, 3.63) is 29.9 Å². The van der Waals surface area contributed by atoms with E-state index in [9.17, 15) is 17.8 Å². The van der Waals surface area contributed by atoms with E-state index in [4.69, 9.17) is 0 Å². The second-order valence-electron chi connectivity index (χ2n) is 3.10. The van der Waals surface area contributed by atoms with Gasteiger partial charge in [0.1, 0.15) is 5.94 Å². The first kappa shape index (κ1) is 17.2. The molecule has 0 amide bonds. The van der Waals surface area contributed by atoms with Crippen molar-refractivity contribution in [1.82, 2.24) is 0 Å². The quantitative estimate of drug-likeness (QED) is 0.195. The Morgan fingerprint density at radius 2 is 2.18 bits per heavy atom. The molecule has 0 radical (unpaired) electrons. The maximum Gasteiger partial charge on any atom is 1.00 e. The normalized spacial score (nSPS) is 20.6. The van der Waals surface area contributed by atoms with Crippen LogP contribution in [0, 0.1) is 5.92 Å². The molecule has 5 nitrogen and oxygen atoms in total. The topological polar surface area (TPSA) is 83.5 Å². The molecule has 8 heteroatoms. The zero-order valence-electron chi connectivity index (χ0n) is 9.32. The van der Waals surface area contributed by atoms with Gasteiger partial charge >= 0.3 is 29.6 Å². The Hall–Kier alpha value is 0.150. The Balaban J connectivity index is 0.00000256. The molecule has 1 rings (SSSR count). The van der Waals surface area contributed by atoms with Crippen molar-refractivity contribution in [2.24, 2.45) is 5.92 Å². The van der Waals surface area contributed by atoms with E-state index in [1.807, 2.05) is 0 Å². The van der Waals surface area contributed by atoms with Gasteiger partial charge in [0.25, 0.3) is 0 Å².